The van der Waals surface area contributed by atoms with Crippen molar-refractivity contribution in [1.29, 1.82) is 0 Å². The fourth-order valence-corrected chi connectivity index (χ4v) is 3.03. The van der Waals surface area contributed by atoms with Crippen LogP contribution in [0.5, 0.6) is 5.75 Å². The van der Waals surface area contributed by atoms with Gasteiger partial charge in [-0.2, -0.15) is 0 Å². The molecule has 0 fully saturated rings. The van der Waals surface area contributed by atoms with Crippen LogP contribution in [0.15, 0.2) is 12.1 Å². The first kappa shape index (κ1) is 23.2. The zero-order valence-corrected chi connectivity index (χ0v) is 17.2. The maximum Gasteiger partial charge on any atom is 0.156 e. The Balaban J connectivity index is 0.00000529. The molecule has 0 amide bonds. The minimum absolute atomic E-state index is 0. The van der Waals surface area contributed by atoms with Gasteiger partial charge >= 0.3 is 0 Å². The second kappa shape index (κ2) is 10.9. The van der Waals surface area contributed by atoms with Crippen LogP contribution < -0.4 is 22.0 Å². The molecule has 3 nitrogen and oxygen atoms in total. The Bertz CT molecular complexity index is 529. The number of quaternary nitrogens is 1. The van der Waals surface area contributed by atoms with Crippen LogP contribution in [0.4, 0.5) is 5.69 Å². The van der Waals surface area contributed by atoms with E-state index in [0.29, 0.717) is 28.9 Å². The molecule has 0 aliphatic rings. The van der Waals surface area contributed by atoms with Crippen LogP contribution in [0.25, 0.3) is 0 Å². The normalized spacial score (nSPS) is 10.7. The van der Waals surface area contributed by atoms with Gasteiger partial charge in [-0.3, -0.25) is 0 Å². The number of benzene rings is 1. The largest absolute Gasteiger partial charge is 1.00 e. The van der Waals surface area contributed by atoms with Crippen LogP contribution in [0.1, 0.15) is 20.3 Å². The standard InChI is InChI=1S/C18H27Cl2N2O.ClH/c1-6-10-22(4,5)11-9-12-23-18-16(19)13-15(14-17(18)20)21(7-2)8-3;/h1,13-14H,7-12H2,2-5H3;1H/q+1;/p-1. The summed E-state index contributed by atoms with van der Waals surface area (Å²) in [5, 5.41) is 1.11. The number of nitrogens with zero attached hydrogens (tertiary/aromatic N) is 2. The molecule has 24 heavy (non-hydrogen) atoms. The molecule has 1 aromatic rings. The predicted octanol–water partition coefficient (Wildman–Crippen LogP) is 1.32. The second-order valence-electron chi connectivity index (χ2n) is 6.13. The summed E-state index contributed by atoms with van der Waals surface area (Å²) >= 11 is 12.7. The summed E-state index contributed by atoms with van der Waals surface area (Å²) in [5.41, 5.74) is 1.02. The van der Waals surface area contributed by atoms with Gasteiger partial charge in [-0.05, 0) is 31.9 Å². The van der Waals surface area contributed by atoms with Crippen LogP contribution in [0, 0.1) is 12.3 Å². The van der Waals surface area contributed by atoms with E-state index in [1.54, 1.807) is 0 Å². The van der Waals surface area contributed by atoms with Gasteiger partial charge < -0.3 is 26.5 Å². The van der Waals surface area contributed by atoms with Gasteiger partial charge in [0.25, 0.3) is 0 Å². The molecule has 0 unspecified atom stereocenters. The summed E-state index contributed by atoms with van der Waals surface area (Å²) in [6.07, 6.45) is 6.26. The van der Waals surface area contributed by atoms with Gasteiger partial charge in [-0.15, -0.1) is 6.42 Å². The molecule has 0 radical (unpaired) electrons. The first-order chi connectivity index (χ1) is 10.8. The summed E-state index contributed by atoms with van der Waals surface area (Å²) in [6, 6.07) is 3.82. The van der Waals surface area contributed by atoms with Crippen LogP contribution in [0.3, 0.4) is 0 Å². The minimum atomic E-state index is 0. The van der Waals surface area contributed by atoms with Crippen LogP contribution in [-0.4, -0.2) is 51.4 Å². The number of terminal acetylenes is 1. The zero-order chi connectivity index (χ0) is 17.5. The Labute approximate surface area is 162 Å². The van der Waals surface area contributed by atoms with Gasteiger partial charge in [0.05, 0.1) is 37.3 Å². The molecule has 0 aliphatic carbocycles. The van der Waals surface area contributed by atoms with E-state index in [4.69, 9.17) is 34.4 Å². The van der Waals surface area contributed by atoms with Crippen molar-refractivity contribution in [1.82, 2.24) is 0 Å². The van der Waals surface area contributed by atoms with E-state index >= 15 is 0 Å². The molecule has 0 saturated carbocycles. The SMILES string of the molecule is C#CC[N+](C)(C)CCCOc1c(Cl)cc(N(CC)CC)cc1Cl.[Cl-]. The minimum Gasteiger partial charge on any atom is -1.00 e. The predicted molar refractivity (Wildman–Crippen MR) is 101 cm³/mol. The lowest BCUT2D eigenvalue weighted by Gasteiger charge is -2.27. The van der Waals surface area contributed by atoms with Crippen LogP contribution in [0.2, 0.25) is 10.0 Å². The fourth-order valence-electron chi connectivity index (χ4n) is 2.45. The smallest absolute Gasteiger partial charge is 0.156 e. The van der Waals surface area contributed by atoms with Crippen LogP contribution >= 0.6 is 23.2 Å². The monoisotopic (exact) mass is 392 g/mol. The Morgan fingerprint density at radius 1 is 1.17 bits per heavy atom. The van der Waals surface area contributed by atoms with E-state index in [2.05, 4.69) is 38.8 Å². The number of hydrogen-bond acceptors (Lipinski definition) is 2. The second-order valence-corrected chi connectivity index (χ2v) is 6.95. The van der Waals surface area contributed by atoms with E-state index in [9.17, 15) is 0 Å². The van der Waals surface area contributed by atoms with Gasteiger partial charge in [0, 0.05) is 25.2 Å². The highest BCUT2D eigenvalue weighted by Crippen LogP contribution is 2.37. The number of hydrogen-bond donors (Lipinski definition) is 0. The van der Waals surface area contributed by atoms with Crippen molar-refractivity contribution >= 4 is 28.9 Å². The lowest BCUT2D eigenvalue weighted by molar-refractivity contribution is -0.883. The third kappa shape index (κ3) is 6.99. The Kier molecular flexibility index (Phi) is 10.6. The van der Waals surface area contributed by atoms with Crippen molar-refractivity contribution < 1.29 is 21.6 Å². The Hall–Kier alpha value is -0.790. The van der Waals surface area contributed by atoms with Crippen molar-refractivity contribution in [2.24, 2.45) is 0 Å². The Morgan fingerprint density at radius 3 is 2.17 bits per heavy atom. The van der Waals surface area contributed by atoms with Crippen LogP contribution in [-0.2, 0) is 0 Å². The third-order valence-corrected chi connectivity index (χ3v) is 4.35. The highest BCUT2D eigenvalue weighted by Gasteiger charge is 2.15. The van der Waals surface area contributed by atoms with E-state index < -0.39 is 0 Å². The molecular weight excluding hydrogens is 367 g/mol. The number of anilines is 1. The summed E-state index contributed by atoms with van der Waals surface area (Å²) in [6.45, 7) is 8.24. The summed E-state index contributed by atoms with van der Waals surface area (Å²) < 4.78 is 6.58. The molecular formula is C18H27Cl3N2O. The topological polar surface area (TPSA) is 12.5 Å². The van der Waals surface area contributed by atoms with Crippen molar-refractivity contribution in [3.63, 3.8) is 0 Å². The highest BCUT2D eigenvalue weighted by atomic mass is 35.5. The van der Waals surface area contributed by atoms with Crippen molar-refractivity contribution in [2.45, 2.75) is 20.3 Å². The molecule has 0 aromatic heterocycles. The molecule has 0 atom stereocenters. The van der Waals surface area contributed by atoms with Crippen molar-refractivity contribution in [3.05, 3.63) is 22.2 Å². The lowest BCUT2D eigenvalue weighted by atomic mass is 10.2. The third-order valence-electron chi connectivity index (χ3n) is 3.79. The first-order valence-corrected chi connectivity index (χ1v) is 8.72. The fraction of sp³-hybridized carbons (Fsp3) is 0.556. The summed E-state index contributed by atoms with van der Waals surface area (Å²) in [4.78, 5) is 2.20. The molecule has 0 aliphatic heterocycles. The van der Waals surface area contributed by atoms with E-state index in [-0.39, 0.29) is 12.4 Å². The number of ether oxygens (including phenoxy) is 1. The quantitative estimate of drug-likeness (QED) is 0.356. The van der Waals surface area contributed by atoms with Crippen molar-refractivity contribution in [3.8, 4) is 18.1 Å². The molecule has 0 spiro atoms. The molecule has 0 N–H and O–H groups in total. The highest BCUT2D eigenvalue weighted by molar-refractivity contribution is 6.37. The molecule has 136 valence electrons. The zero-order valence-electron chi connectivity index (χ0n) is 14.9. The molecule has 0 saturated heterocycles. The molecule has 0 bridgehead atoms. The molecule has 1 rings (SSSR count). The van der Waals surface area contributed by atoms with E-state index in [1.807, 2.05) is 12.1 Å². The van der Waals surface area contributed by atoms with Gasteiger partial charge in [-0.25, -0.2) is 0 Å². The molecule has 0 heterocycles. The average molecular weight is 394 g/mol. The molecule has 6 heteroatoms. The molecule has 1 aromatic carbocycles. The number of rotatable bonds is 9. The first-order valence-electron chi connectivity index (χ1n) is 7.96. The van der Waals surface area contributed by atoms with E-state index in [1.165, 1.54) is 0 Å². The maximum absolute atomic E-state index is 6.34. The Morgan fingerprint density at radius 2 is 1.71 bits per heavy atom. The summed E-state index contributed by atoms with van der Waals surface area (Å²) in [5.74, 6) is 3.26. The van der Waals surface area contributed by atoms with Crippen molar-refractivity contribution in [2.75, 3.05) is 51.8 Å². The van der Waals surface area contributed by atoms with Gasteiger partial charge in [0.2, 0.25) is 0 Å². The van der Waals surface area contributed by atoms with E-state index in [0.717, 1.165) is 36.2 Å². The van der Waals surface area contributed by atoms with Gasteiger partial charge in [0.1, 0.15) is 6.54 Å². The summed E-state index contributed by atoms with van der Waals surface area (Å²) in [7, 11) is 4.22. The average Bonchev–Trinajstić information content (AvgIpc) is 2.46. The lowest BCUT2D eigenvalue weighted by Crippen LogP contribution is -3.00. The van der Waals surface area contributed by atoms with Gasteiger partial charge in [-0.1, -0.05) is 23.2 Å². The van der Waals surface area contributed by atoms with Gasteiger partial charge in [0.15, 0.2) is 5.75 Å². The number of halogens is 3. The maximum atomic E-state index is 6.34.